The highest BCUT2D eigenvalue weighted by Gasteiger charge is 1.95. The maximum atomic E-state index is 3.61. The number of nitrogens with one attached hydrogen (secondary N) is 2. The second kappa shape index (κ2) is 3.81. The Hall–Kier alpha value is -1.44. The summed E-state index contributed by atoms with van der Waals surface area (Å²) in [4.78, 5) is 0. The van der Waals surface area contributed by atoms with Gasteiger partial charge in [-0.25, -0.2) is 0 Å². The molecule has 0 saturated carbocycles. The number of hydrogen-bond acceptors (Lipinski definition) is 2. The largest absolute Gasteiger partial charge is 0.388 e. The molecule has 0 amide bonds. The summed E-state index contributed by atoms with van der Waals surface area (Å²) >= 11 is 0. The predicted molar refractivity (Wildman–Crippen MR) is 54.5 cm³/mol. The maximum absolute atomic E-state index is 3.61. The van der Waals surface area contributed by atoms with Crippen molar-refractivity contribution < 1.29 is 0 Å². The zero-order chi connectivity index (χ0) is 8.97. The predicted octanol–water partition coefficient (Wildman–Crippen LogP) is 2.59. The molecule has 0 aromatic heterocycles. The number of anilines is 2. The average molecular weight is 162 g/mol. The van der Waals surface area contributed by atoms with Gasteiger partial charge in [0.1, 0.15) is 0 Å². The Balaban J connectivity index is 2.94. The smallest absolute Gasteiger partial charge is 0.0410 e. The Morgan fingerprint density at radius 3 is 2.67 bits per heavy atom. The number of hydrogen-bond donors (Lipinski definition) is 2. The fourth-order valence-corrected chi connectivity index (χ4v) is 1.09. The number of aryl methyl sites for hydroxylation is 1. The molecule has 64 valence electrons. The summed E-state index contributed by atoms with van der Waals surface area (Å²) in [5.41, 5.74) is 3.44. The number of rotatable bonds is 3. The van der Waals surface area contributed by atoms with E-state index in [9.17, 15) is 0 Å². The van der Waals surface area contributed by atoms with Gasteiger partial charge in [0.2, 0.25) is 0 Å². The molecule has 0 bridgehead atoms. The lowest BCUT2D eigenvalue weighted by Gasteiger charge is -2.07. The van der Waals surface area contributed by atoms with Crippen LogP contribution in [0.1, 0.15) is 5.56 Å². The maximum Gasteiger partial charge on any atom is 0.0410 e. The van der Waals surface area contributed by atoms with Crippen molar-refractivity contribution in [1.82, 2.24) is 0 Å². The Labute approximate surface area is 73.3 Å². The summed E-state index contributed by atoms with van der Waals surface area (Å²) in [5, 5.41) is 6.15. The molecule has 0 aliphatic rings. The lowest BCUT2D eigenvalue weighted by Crippen LogP contribution is -1.93. The first-order valence-corrected chi connectivity index (χ1v) is 3.93. The summed E-state index contributed by atoms with van der Waals surface area (Å²) in [6.07, 6.45) is 1.68. The van der Waals surface area contributed by atoms with Crippen molar-refractivity contribution in [3.8, 4) is 0 Å². The first-order valence-electron chi connectivity index (χ1n) is 3.93. The summed E-state index contributed by atoms with van der Waals surface area (Å²) in [6, 6.07) is 6.15. The first-order chi connectivity index (χ1) is 5.77. The molecule has 1 aromatic rings. The minimum atomic E-state index is 1.10. The van der Waals surface area contributed by atoms with E-state index in [0.29, 0.717) is 0 Å². The molecular weight excluding hydrogens is 148 g/mol. The van der Waals surface area contributed by atoms with Crippen molar-refractivity contribution in [1.29, 1.82) is 0 Å². The van der Waals surface area contributed by atoms with Crippen LogP contribution >= 0.6 is 0 Å². The Morgan fingerprint density at radius 2 is 2.17 bits per heavy atom. The molecule has 0 atom stereocenters. The van der Waals surface area contributed by atoms with Crippen LogP contribution in [0.25, 0.3) is 0 Å². The molecule has 0 unspecified atom stereocenters. The van der Waals surface area contributed by atoms with E-state index in [1.807, 2.05) is 19.2 Å². The molecule has 0 fully saturated rings. The van der Waals surface area contributed by atoms with Crippen molar-refractivity contribution in [2.75, 3.05) is 17.7 Å². The number of benzene rings is 1. The van der Waals surface area contributed by atoms with Crippen LogP contribution in [0, 0.1) is 6.92 Å². The van der Waals surface area contributed by atoms with Crippen LogP contribution in [-0.4, -0.2) is 7.05 Å². The van der Waals surface area contributed by atoms with Gasteiger partial charge in [-0.05, 0) is 36.9 Å². The van der Waals surface area contributed by atoms with Crippen LogP contribution in [0.3, 0.4) is 0 Å². The van der Waals surface area contributed by atoms with Crippen LogP contribution in [0.4, 0.5) is 11.4 Å². The summed E-state index contributed by atoms with van der Waals surface area (Å²) in [7, 11) is 1.91. The van der Waals surface area contributed by atoms with E-state index in [1.54, 1.807) is 6.20 Å². The second-order valence-corrected chi connectivity index (χ2v) is 2.63. The van der Waals surface area contributed by atoms with Crippen molar-refractivity contribution in [2.45, 2.75) is 6.92 Å². The van der Waals surface area contributed by atoms with E-state index in [-0.39, 0.29) is 0 Å². The zero-order valence-electron chi connectivity index (χ0n) is 7.52. The van der Waals surface area contributed by atoms with Gasteiger partial charge in [-0.2, -0.15) is 0 Å². The quantitative estimate of drug-likeness (QED) is 0.713. The van der Waals surface area contributed by atoms with Gasteiger partial charge >= 0.3 is 0 Å². The van der Waals surface area contributed by atoms with Crippen LogP contribution in [-0.2, 0) is 0 Å². The topological polar surface area (TPSA) is 24.1 Å². The van der Waals surface area contributed by atoms with E-state index in [1.165, 1.54) is 5.56 Å². The monoisotopic (exact) mass is 162 g/mol. The summed E-state index contributed by atoms with van der Waals surface area (Å²) in [5.74, 6) is 0. The highest BCUT2D eigenvalue weighted by atomic mass is 14.8. The van der Waals surface area contributed by atoms with E-state index in [0.717, 1.165) is 11.4 Å². The molecular formula is C10H14N2. The Bertz CT molecular complexity index is 279. The van der Waals surface area contributed by atoms with Crippen LogP contribution in [0.5, 0.6) is 0 Å². The van der Waals surface area contributed by atoms with Crippen molar-refractivity contribution in [3.63, 3.8) is 0 Å². The molecule has 0 aliphatic heterocycles. The minimum absolute atomic E-state index is 1.10. The summed E-state index contributed by atoms with van der Waals surface area (Å²) < 4.78 is 0. The molecule has 0 heterocycles. The molecule has 12 heavy (non-hydrogen) atoms. The van der Waals surface area contributed by atoms with Gasteiger partial charge in [0.05, 0.1) is 0 Å². The van der Waals surface area contributed by atoms with E-state index in [2.05, 4.69) is 30.2 Å². The highest BCUT2D eigenvalue weighted by molar-refractivity contribution is 5.59. The SMILES string of the molecule is C=CNc1ccc(NC)cc1C. The minimum Gasteiger partial charge on any atom is -0.388 e. The van der Waals surface area contributed by atoms with E-state index < -0.39 is 0 Å². The standard InChI is InChI=1S/C10H14N2/c1-4-12-10-6-5-9(11-3)7-8(10)2/h4-7,11-12H,1H2,2-3H3. The first kappa shape index (κ1) is 8.65. The van der Waals surface area contributed by atoms with Crippen molar-refractivity contribution in [3.05, 3.63) is 36.5 Å². The molecule has 2 heteroatoms. The van der Waals surface area contributed by atoms with Crippen LogP contribution in [0.2, 0.25) is 0 Å². The third-order valence-corrected chi connectivity index (χ3v) is 1.77. The Kier molecular flexibility index (Phi) is 2.75. The highest BCUT2D eigenvalue weighted by Crippen LogP contribution is 2.18. The second-order valence-electron chi connectivity index (χ2n) is 2.63. The molecule has 0 saturated heterocycles. The van der Waals surface area contributed by atoms with Crippen LogP contribution < -0.4 is 10.6 Å². The van der Waals surface area contributed by atoms with Gasteiger partial charge in [0.25, 0.3) is 0 Å². The lowest BCUT2D eigenvalue weighted by atomic mass is 10.2. The van der Waals surface area contributed by atoms with Gasteiger partial charge < -0.3 is 10.6 Å². The molecule has 2 nitrogen and oxygen atoms in total. The van der Waals surface area contributed by atoms with E-state index >= 15 is 0 Å². The molecule has 0 radical (unpaired) electrons. The molecule has 0 aliphatic carbocycles. The van der Waals surface area contributed by atoms with Crippen LogP contribution in [0.15, 0.2) is 31.0 Å². The van der Waals surface area contributed by atoms with Crippen molar-refractivity contribution in [2.24, 2.45) is 0 Å². The third-order valence-electron chi connectivity index (χ3n) is 1.77. The van der Waals surface area contributed by atoms with Gasteiger partial charge in [-0.1, -0.05) is 6.58 Å². The normalized spacial score (nSPS) is 9.17. The molecule has 0 spiro atoms. The fraction of sp³-hybridized carbons (Fsp3) is 0.200. The van der Waals surface area contributed by atoms with Gasteiger partial charge in [-0.15, -0.1) is 0 Å². The van der Waals surface area contributed by atoms with Gasteiger partial charge in [0, 0.05) is 18.4 Å². The zero-order valence-corrected chi connectivity index (χ0v) is 7.52. The summed E-state index contributed by atoms with van der Waals surface area (Å²) in [6.45, 7) is 5.68. The van der Waals surface area contributed by atoms with E-state index in [4.69, 9.17) is 0 Å². The molecule has 1 rings (SSSR count). The average Bonchev–Trinajstić information content (AvgIpc) is 2.09. The third kappa shape index (κ3) is 1.78. The molecule has 1 aromatic carbocycles. The lowest BCUT2D eigenvalue weighted by molar-refractivity contribution is 1.41. The fourth-order valence-electron chi connectivity index (χ4n) is 1.09. The van der Waals surface area contributed by atoms with Gasteiger partial charge in [0.15, 0.2) is 0 Å². The van der Waals surface area contributed by atoms with Gasteiger partial charge in [-0.3, -0.25) is 0 Å². The van der Waals surface area contributed by atoms with Crippen molar-refractivity contribution >= 4 is 11.4 Å². The Morgan fingerprint density at radius 1 is 1.42 bits per heavy atom. The molecule has 2 N–H and O–H groups in total.